The summed E-state index contributed by atoms with van der Waals surface area (Å²) in [5.74, 6) is 0.405. The third-order valence-corrected chi connectivity index (χ3v) is 6.09. The van der Waals surface area contributed by atoms with Gasteiger partial charge in [-0.2, -0.15) is 4.98 Å². The van der Waals surface area contributed by atoms with E-state index in [1.54, 1.807) is 23.7 Å². The van der Waals surface area contributed by atoms with Crippen LogP contribution in [-0.2, 0) is 0 Å². The van der Waals surface area contributed by atoms with Crippen molar-refractivity contribution < 1.29 is 13.9 Å². The number of anilines is 2. The fourth-order valence-electron chi connectivity index (χ4n) is 4.66. The number of pyridine rings is 1. The highest BCUT2D eigenvalue weighted by atomic mass is 19.1. The Balaban J connectivity index is 1.42. The van der Waals surface area contributed by atoms with Crippen molar-refractivity contribution in [2.45, 2.75) is 32.7 Å². The average Bonchev–Trinajstić information content (AvgIpc) is 3.40. The van der Waals surface area contributed by atoms with Crippen LogP contribution in [0.3, 0.4) is 0 Å². The molecule has 2 atom stereocenters. The molecule has 3 aromatic heterocycles. The number of rotatable bonds is 5. The summed E-state index contributed by atoms with van der Waals surface area (Å²) in [6, 6.07) is 1.60. The molecular weight excluding hydrogens is 413 g/mol. The zero-order chi connectivity index (χ0) is 22.2. The summed E-state index contributed by atoms with van der Waals surface area (Å²) >= 11 is 0. The molecule has 168 valence electrons. The van der Waals surface area contributed by atoms with Crippen LogP contribution in [0, 0.1) is 18.7 Å². The van der Waals surface area contributed by atoms with Crippen molar-refractivity contribution in [1.82, 2.24) is 24.7 Å². The van der Waals surface area contributed by atoms with E-state index in [1.165, 1.54) is 18.7 Å². The minimum absolute atomic E-state index is 0.205. The van der Waals surface area contributed by atoms with Crippen molar-refractivity contribution in [2.24, 2.45) is 5.92 Å². The van der Waals surface area contributed by atoms with Gasteiger partial charge in [0.05, 0.1) is 18.0 Å². The van der Waals surface area contributed by atoms with Gasteiger partial charge in [-0.25, -0.2) is 14.4 Å². The monoisotopic (exact) mass is 439 g/mol. The first-order chi connectivity index (χ1) is 15.5. The summed E-state index contributed by atoms with van der Waals surface area (Å²) in [4.78, 5) is 28.4. The van der Waals surface area contributed by atoms with E-state index in [2.05, 4.69) is 30.5 Å². The van der Waals surface area contributed by atoms with Crippen molar-refractivity contribution in [3.05, 3.63) is 41.7 Å². The topological polar surface area (TPSA) is 96.7 Å². The lowest BCUT2D eigenvalue weighted by Gasteiger charge is -2.37. The van der Waals surface area contributed by atoms with E-state index in [0.29, 0.717) is 35.9 Å². The van der Waals surface area contributed by atoms with Crippen LogP contribution >= 0.6 is 0 Å². The SMILES string of the molecule is CCOc1nc(N2CCC[C@H]3CNC[C@H]32)ncc1C(=O)Nc1cc(F)c2nc(C)cn2c1. The zero-order valence-electron chi connectivity index (χ0n) is 18.1. The Morgan fingerprint density at radius 1 is 1.34 bits per heavy atom. The molecule has 2 aliphatic heterocycles. The molecule has 2 saturated heterocycles. The van der Waals surface area contributed by atoms with Gasteiger partial charge in [0.25, 0.3) is 5.91 Å². The van der Waals surface area contributed by atoms with Gasteiger partial charge in [0, 0.05) is 50.3 Å². The molecule has 0 bridgehead atoms. The summed E-state index contributed by atoms with van der Waals surface area (Å²) in [5.41, 5.74) is 1.41. The number of ether oxygens (including phenoxy) is 1. The van der Waals surface area contributed by atoms with Crippen LogP contribution in [0.4, 0.5) is 16.0 Å². The number of carbonyl (C=O) groups is 1. The van der Waals surface area contributed by atoms with Crippen LogP contribution in [0.1, 0.15) is 35.8 Å². The quantitative estimate of drug-likeness (QED) is 0.630. The second-order valence-corrected chi connectivity index (χ2v) is 8.29. The molecule has 3 aromatic rings. The second kappa shape index (κ2) is 8.34. The van der Waals surface area contributed by atoms with Crippen molar-refractivity contribution in [2.75, 3.05) is 36.5 Å². The van der Waals surface area contributed by atoms with E-state index in [-0.39, 0.29) is 17.1 Å². The highest BCUT2D eigenvalue weighted by Gasteiger charge is 2.36. The average molecular weight is 439 g/mol. The van der Waals surface area contributed by atoms with Gasteiger partial charge in [-0.15, -0.1) is 0 Å². The van der Waals surface area contributed by atoms with Crippen LogP contribution in [0.5, 0.6) is 5.88 Å². The molecule has 0 saturated carbocycles. The number of piperidine rings is 1. The van der Waals surface area contributed by atoms with E-state index < -0.39 is 11.7 Å². The Hall–Kier alpha value is -3.27. The van der Waals surface area contributed by atoms with E-state index in [4.69, 9.17) is 4.74 Å². The number of halogens is 1. The number of amides is 1. The molecule has 10 heteroatoms. The largest absolute Gasteiger partial charge is 0.477 e. The van der Waals surface area contributed by atoms with E-state index in [9.17, 15) is 9.18 Å². The number of hydrogen-bond donors (Lipinski definition) is 2. The lowest BCUT2D eigenvalue weighted by molar-refractivity contribution is 0.102. The molecule has 2 N–H and O–H groups in total. The van der Waals surface area contributed by atoms with Crippen molar-refractivity contribution in [1.29, 1.82) is 0 Å². The maximum absolute atomic E-state index is 14.4. The normalized spacial score (nSPS) is 20.4. The number of hydrogen-bond acceptors (Lipinski definition) is 7. The minimum Gasteiger partial charge on any atom is -0.477 e. The summed E-state index contributed by atoms with van der Waals surface area (Å²) in [6.45, 7) is 6.78. The van der Waals surface area contributed by atoms with Gasteiger partial charge in [0.1, 0.15) is 5.56 Å². The van der Waals surface area contributed by atoms with Gasteiger partial charge in [-0.3, -0.25) is 4.79 Å². The Morgan fingerprint density at radius 2 is 2.22 bits per heavy atom. The minimum atomic E-state index is -0.516. The summed E-state index contributed by atoms with van der Waals surface area (Å²) in [5, 5.41) is 6.17. The predicted octanol–water partition coefficient (Wildman–Crippen LogP) is 2.41. The summed E-state index contributed by atoms with van der Waals surface area (Å²) in [7, 11) is 0. The number of nitrogens with one attached hydrogen (secondary N) is 2. The van der Waals surface area contributed by atoms with Gasteiger partial charge in [-0.05, 0) is 32.6 Å². The molecule has 2 fully saturated rings. The Kier molecular flexibility index (Phi) is 5.38. The highest BCUT2D eigenvalue weighted by Crippen LogP contribution is 2.30. The first kappa shape index (κ1) is 20.6. The maximum atomic E-state index is 14.4. The number of carbonyl (C=O) groups excluding carboxylic acids is 1. The number of aryl methyl sites for hydroxylation is 1. The summed E-state index contributed by atoms with van der Waals surface area (Å²) < 4.78 is 21.6. The number of nitrogens with zero attached hydrogens (tertiary/aromatic N) is 5. The molecule has 0 aromatic carbocycles. The van der Waals surface area contributed by atoms with E-state index >= 15 is 0 Å². The van der Waals surface area contributed by atoms with Crippen molar-refractivity contribution in [3.8, 4) is 5.88 Å². The van der Waals surface area contributed by atoms with Gasteiger partial charge in [0.2, 0.25) is 11.8 Å². The first-order valence-electron chi connectivity index (χ1n) is 11.0. The molecule has 32 heavy (non-hydrogen) atoms. The molecule has 2 aliphatic rings. The fraction of sp³-hybridized carbons (Fsp3) is 0.455. The molecule has 0 spiro atoms. The number of imidazole rings is 1. The van der Waals surface area contributed by atoms with Gasteiger partial charge < -0.3 is 24.7 Å². The first-order valence-corrected chi connectivity index (χ1v) is 11.0. The van der Waals surface area contributed by atoms with Crippen LogP contribution < -0.4 is 20.3 Å². The smallest absolute Gasteiger partial charge is 0.262 e. The number of fused-ring (bicyclic) bond motifs is 2. The maximum Gasteiger partial charge on any atom is 0.262 e. The van der Waals surface area contributed by atoms with Crippen molar-refractivity contribution in [3.63, 3.8) is 0 Å². The Bertz CT molecular complexity index is 1160. The van der Waals surface area contributed by atoms with E-state index in [0.717, 1.165) is 26.1 Å². The third kappa shape index (κ3) is 3.75. The van der Waals surface area contributed by atoms with Crippen molar-refractivity contribution >= 4 is 23.2 Å². The van der Waals surface area contributed by atoms with Gasteiger partial charge in [0.15, 0.2) is 11.5 Å². The standard InChI is InChI=1S/C22H26FN7O2/c1-3-32-21-16(9-25-22(28-21)30-6-4-5-14-8-24-10-18(14)30)20(31)27-15-7-17(23)19-26-13(2)11-29(19)12-15/h7,9,11-12,14,18,24H,3-6,8,10H2,1-2H3,(H,27,31)/t14-,18+/m0/s1. The Labute approximate surface area is 185 Å². The van der Waals surface area contributed by atoms with Crippen LogP contribution in [-0.4, -0.2) is 57.5 Å². The fourth-order valence-corrected chi connectivity index (χ4v) is 4.66. The molecule has 0 unspecified atom stereocenters. The molecule has 9 nitrogen and oxygen atoms in total. The zero-order valence-corrected chi connectivity index (χ0v) is 18.1. The number of aromatic nitrogens is 4. The van der Waals surface area contributed by atoms with Gasteiger partial charge in [-0.1, -0.05) is 0 Å². The molecule has 1 amide bonds. The second-order valence-electron chi connectivity index (χ2n) is 8.29. The lowest BCUT2D eigenvalue weighted by atomic mass is 9.92. The van der Waals surface area contributed by atoms with Crippen LogP contribution in [0.2, 0.25) is 0 Å². The Morgan fingerprint density at radius 3 is 3.06 bits per heavy atom. The molecule has 0 radical (unpaired) electrons. The predicted molar refractivity (Wildman–Crippen MR) is 118 cm³/mol. The van der Waals surface area contributed by atoms with Gasteiger partial charge >= 0.3 is 0 Å². The third-order valence-electron chi connectivity index (χ3n) is 6.09. The molecule has 0 aliphatic carbocycles. The molecule has 5 heterocycles. The van der Waals surface area contributed by atoms with Crippen LogP contribution in [0.25, 0.3) is 5.65 Å². The molecule has 5 rings (SSSR count). The lowest BCUT2D eigenvalue weighted by Crippen LogP contribution is -2.46. The summed E-state index contributed by atoms with van der Waals surface area (Å²) in [6.07, 6.45) is 7.09. The van der Waals surface area contributed by atoms with Crippen LogP contribution in [0.15, 0.2) is 24.7 Å². The molecular formula is C22H26FN7O2. The van der Waals surface area contributed by atoms with E-state index in [1.807, 2.05) is 6.92 Å². The highest BCUT2D eigenvalue weighted by molar-refractivity contribution is 6.05.